The molecule has 0 heterocycles. The topological polar surface area (TPSA) is 114 Å². The molecule has 206 valence electrons. The molecule has 0 spiro atoms. The molecule has 0 saturated carbocycles. The number of sulfonamides is 1. The van der Waals surface area contributed by atoms with Gasteiger partial charge in [0.2, 0.25) is 0 Å². The van der Waals surface area contributed by atoms with Crippen molar-refractivity contribution >= 4 is 45.4 Å². The molecule has 0 aliphatic carbocycles. The molecule has 11 heteroatoms. The first kappa shape index (κ1) is 29.7. The number of hydrogen-bond donors (Lipinski definition) is 1. The van der Waals surface area contributed by atoms with Crippen LogP contribution in [0.3, 0.4) is 0 Å². The Morgan fingerprint density at radius 3 is 2.33 bits per heavy atom. The predicted molar refractivity (Wildman–Crippen MR) is 151 cm³/mol. The van der Waals surface area contributed by atoms with Crippen LogP contribution in [-0.2, 0) is 24.3 Å². The average Bonchev–Trinajstić information content (AvgIpc) is 2.88. The third-order valence-corrected chi connectivity index (χ3v) is 7.13. The van der Waals surface area contributed by atoms with E-state index in [0.717, 1.165) is 4.31 Å². The van der Waals surface area contributed by atoms with Gasteiger partial charge in [0.15, 0.2) is 6.61 Å². The van der Waals surface area contributed by atoms with Crippen molar-refractivity contribution in [2.24, 2.45) is 5.10 Å². The lowest BCUT2D eigenvalue weighted by molar-refractivity contribution is -0.157. The monoisotopic (exact) mass is 571 g/mol. The van der Waals surface area contributed by atoms with Crippen LogP contribution in [0.25, 0.3) is 0 Å². The first-order valence-electron chi connectivity index (χ1n) is 12.0. The van der Waals surface area contributed by atoms with Crippen LogP contribution >= 0.6 is 11.6 Å². The second-order valence-electron chi connectivity index (χ2n) is 9.49. The Morgan fingerprint density at radius 1 is 1.03 bits per heavy atom. The molecule has 0 unspecified atom stereocenters. The van der Waals surface area contributed by atoms with Gasteiger partial charge in [0.05, 0.1) is 16.8 Å². The second-order valence-corrected chi connectivity index (χ2v) is 11.8. The summed E-state index contributed by atoms with van der Waals surface area (Å²) in [4.78, 5) is 24.6. The van der Waals surface area contributed by atoms with E-state index in [9.17, 15) is 18.0 Å². The molecule has 0 atom stereocenters. The van der Waals surface area contributed by atoms with E-state index in [0.29, 0.717) is 21.9 Å². The van der Waals surface area contributed by atoms with Crippen LogP contribution in [0.1, 0.15) is 31.9 Å². The third kappa shape index (κ3) is 8.83. The van der Waals surface area contributed by atoms with E-state index in [-0.39, 0.29) is 17.2 Å². The number of aryl methyl sites for hydroxylation is 1. The van der Waals surface area contributed by atoms with Gasteiger partial charge in [-0.25, -0.2) is 18.6 Å². The molecule has 0 aliphatic rings. The number of benzene rings is 3. The number of hydrogen-bond acceptors (Lipinski definition) is 7. The molecule has 9 nitrogen and oxygen atoms in total. The highest BCUT2D eigenvalue weighted by Gasteiger charge is 2.28. The molecule has 0 saturated heterocycles. The van der Waals surface area contributed by atoms with Crippen LogP contribution in [0.2, 0.25) is 5.02 Å². The van der Waals surface area contributed by atoms with Crippen LogP contribution in [0.4, 0.5) is 5.69 Å². The SMILES string of the molecule is Cc1ccc(Cl)cc1N(CC(=O)N/N=C/c1ccc(OCC(=O)OC(C)(C)C)cc1)S(=O)(=O)c1ccccc1. The Balaban J connectivity index is 1.67. The van der Waals surface area contributed by atoms with E-state index in [4.69, 9.17) is 21.1 Å². The third-order valence-electron chi connectivity index (χ3n) is 5.12. The summed E-state index contributed by atoms with van der Waals surface area (Å²) in [6, 6.07) is 19.3. The van der Waals surface area contributed by atoms with Crippen LogP contribution in [0.15, 0.2) is 82.8 Å². The summed E-state index contributed by atoms with van der Waals surface area (Å²) in [6.07, 6.45) is 1.40. The van der Waals surface area contributed by atoms with Crippen molar-refractivity contribution in [3.05, 3.63) is 88.9 Å². The van der Waals surface area contributed by atoms with E-state index in [1.54, 1.807) is 82.3 Å². The Kier molecular flexibility index (Phi) is 9.71. The number of hydrazone groups is 1. The zero-order chi connectivity index (χ0) is 28.6. The van der Waals surface area contributed by atoms with Crippen LogP contribution in [0.5, 0.6) is 5.75 Å². The zero-order valence-corrected chi connectivity index (χ0v) is 23.6. The van der Waals surface area contributed by atoms with Gasteiger partial charge in [0, 0.05) is 5.02 Å². The van der Waals surface area contributed by atoms with Gasteiger partial charge in [-0.05, 0) is 87.4 Å². The highest BCUT2D eigenvalue weighted by atomic mass is 35.5. The zero-order valence-electron chi connectivity index (χ0n) is 22.0. The molecule has 0 aliphatic heterocycles. The lowest BCUT2D eigenvalue weighted by atomic mass is 10.2. The van der Waals surface area contributed by atoms with E-state index in [1.165, 1.54) is 24.4 Å². The van der Waals surface area contributed by atoms with Gasteiger partial charge in [-0.15, -0.1) is 0 Å². The summed E-state index contributed by atoms with van der Waals surface area (Å²) < 4.78 is 38.5. The van der Waals surface area contributed by atoms with E-state index >= 15 is 0 Å². The molecule has 1 amide bonds. The number of ether oxygens (including phenoxy) is 2. The molecule has 3 aromatic carbocycles. The smallest absolute Gasteiger partial charge is 0.344 e. The summed E-state index contributed by atoms with van der Waals surface area (Å²) in [5, 5.41) is 4.27. The summed E-state index contributed by atoms with van der Waals surface area (Å²) in [7, 11) is -4.08. The Labute approximate surface area is 233 Å². The average molecular weight is 572 g/mol. The Morgan fingerprint density at radius 2 is 1.69 bits per heavy atom. The number of amides is 1. The van der Waals surface area contributed by atoms with Crippen molar-refractivity contribution in [3.8, 4) is 5.75 Å². The number of esters is 1. The highest BCUT2D eigenvalue weighted by Crippen LogP contribution is 2.29. The molecule has 1 N–H and O–H groups in total. The van der Waals surface area contributed by atoms with Crippen LogP contribution in [-0.4, -0.2) is 45.3 Å². The number of rotatable bonds is 10. The number of carbonyl (C=O) groups excluding carboxylic acids is 2. The number of nitrogens with one attached hydrogen (secondary N) is 1. The van der Waals surface area contributed by atoms with Gasteiger partial charge in [0.25, 0.3) is 15.9 Å². The fraction of sp³-hybridized carbons (Fsp3) is 0.250. The Bertz CT molecular complexity index is 1440. The predicted octanol–water partition coefficient (Wildman–Crippen LogP) is 4.71. The largest absolute Gasteiger partial charge is 0.482 e. The van der Waals surface area contributed by atoms with Crippen molar-refractivity contribution in [2.45, 2.75) is 38.2 Å². The van der Waals surface area contributed by atoms with Gasteiger partial charge < -0.3 is 9.47 Å². The molecule has 3 rings (SSSR count). The molecular weight excluding hydrogens is 542 g/mol. The maximum atomic E-state index is 13.4. The quantitative estimate of drug-likeness (QED) is 0.214. The minimum absolute atomic E-state index is 0.0367. The van der Waals surface area contributed by atoms with Gasteiger partial charge in [-0.2, -0.15) is 5.10 Å². The molecule has 39 heavy (non-hydrogen) atoms. The van der Waals surface area contributed by atoms with Crippen molar-refractivity contribution < 1.29 is 27.5 Å². The first-order chi connectivity index (χ1) is 18.3. The van der Waals surface area contributed by atoms with E-state index < -0.39 is 34.0 Å². The number of carbonyl (C=O) groups is 2. The maximum Gasteiger partial charge on any atom is 0.344 e. The van der Waals surface area contributed by atoms with Crippen LogP contribution < -0.4 is 14.5 Å². The fourth-order valence-corrected chi connectivity index (χ4v) is 5.04. The summed E-state index contributed by atoms with van der Waals surface area (Å²) >= 11 is 6.14. The molecule has 3 aromatic rings. The number of halogens is 1. The first-order valence-corrected chi connectivity index (χ1v) is 13.8. The number of nitrogens with zero attached hydrogens (tertiary/aromatic N) is 2. The lowest BCUT2D eigenvalue weighted by Crippen LogP contribution is -2.40. The van der Waals surface area contributed by atoms with Crippen molar-refractivity contribution in [2.75, 3.05) is 17.5 Å². The van der Waals surface area contributed by atoms with Gasteiger partial charge in [0.1, 0.15) is 17.9 Å². The second kappa shape index (κ2) is 12.8. The number of anilines is 1. The minimum atomic E-state index is -4.08. The van der Waals surface area contributed by atoms with E-state index in [1.807, 2.05) is 0 Å². The van der Waals surface area contributed by atoms with E-state index in [2.05, 4.69) is 10.5 Å². The highest BCUT2D eigenvalue weighted by molar-refractivity contribution is 7.92. The van der Waals surface area contributed by atoms with Crippen molar-refractivity contribution in [1.82, 2.24) is 5.43 Å². The molecule has 0 aromatic heterocycles. The minimum Gasteiger partial charge on any atom is -0.482 e. The van der Waals surface area contributed by atoms with Gasteiger partial charge in [-0.1, -0.05) is 35.9 Å². The fourth-order valence-electron chi connectivity index (χ4n) is 3.38. The lowest BCUT2D eigenvalue weighted by Gasteiger charge is -2.25. The molecule has 0 fully saturated rings. The molecule has 0 bridgehead atoms. The molecule has 0 radical (unpaired) electrons. The summed E-state index contributed by atoms with van der Waals surface area (Å²) in [6.45, 7) is 6.31. The normalized spacial score (nSPS) is 11.7. The van der Waals surface area contributed by atoms with Crippen LogP contribution in [0, 0.1) is 6.92 Å². The summed E-state index contributed by atoms with van der Waals surface area (Å²) in [5.74, 6) is -0.671. The van der Waals surface area contributed by atoms with Gasteiger partial charge in [-0.3, -0.25) is 9.10 Å². The molecular formula is C28H30ClN3O6S. The van der Waals surface area contributed by atoms with Gasteiger partial charge >= 0.3 is 5.97 Å². The Hall–Kier alpha value is -3.89. The maximum absolute atomic E-state index is 13.4. The van der Waals surface area contributed by atoms with Crippen molar-refractivity contribution in [3.63, 3.8) is 0 Å². The summed E-state index contributed by atoms with van der Waals surface area (Å²) in [5.41, 5.74) is 3.32. The standard InChI is InChI=1S/C28H30ClN3O6S/c1-20-10-13-22(29)16-25(20)32(39(35,36)24-8-6-5-7-9-24)18-26(33)31-30-17-21-11-14-23(15-12-21)37-19-27(34)38-28(2,3)4/h5-17H,18-19H2,1-4H3,(H,31,33)/b30-17+. The van der Waals surface area contributed by atoms with Crippen molar-refractivity contribution in [1.29, 1.82) is 0 Å².